The number of furan rings is 2. The van der Waals surface area contributed by atoms with Gasteiger partial charge in [0, 0.05) is 32.7 Å². The van der Waals surface area contributed by atoms with Crippen LogP contribution in [-0.4, -0.2) is 0 Å². The Labute approximate surface area is 265 Å². The summed E-state index contributed by atoms with van der Waals surface area (Å²) in [6.45, 7) is 4.41. The monoisotopic (exact) mass is 588 g/mol. The van der Waals surface area contributed by atoms with Crippen LogP contribution in [0.25, 0.3) is 98.4 Å². The molecule has 2 heteroatoms. The van der Waals surface area contributed by atoms with Gasteiger partial charge in [-0.25, -0.2) is 0 Å². The van der Waals surface area contributed by atoms with Gasteiger partial charge in [0.05, 0.1) is 0 Å². The Morgan fingerprint density at radius 1 is 0.326 bits per heavy atom. The summed E-state index contributed by atoms with van der Waals surface area (Å²) in [5.41, 5.74) is 10.8. The molecule has 0 aliphatic rings. The second-order valence-corrected chi connectivity index (χ2v) is 12.6. The Morgan fingerprint density at radius 3 is 1.22 bits per heavy atom. The Kier molecular flexibility index (Phi) is 5.16. The van der Waals surface area contributed by atoms with Crippen LogP contribution in [0.5, 0.6) is 0 Å². The molecular weight excluding hydrogens is 560 g/mol. The fourth-order valence-electron chi connectivity index (χ4n) is 7.55. The van der Waals surface area contributed by atoms with Crippen molar-refractivity contribution >= 4 is 76.2 Å². The van der Waals surface area contributed by atoms with Crippen molar-refractivity contribution in [3.63, 3.8) is 0 Å². The molecule has 0 radical (unpaired) electrons. The number of rotatable bonds is 2. The van der Waals surface area contributed by atoms with Gasteiger partial charge in [-0.3, -0.25) is 0 Å². The van der Waals surface area contributed by atoms with E-state index in [1.807, 2.05) is 24.3 Å². The maximum atomic E-state index is 6.47. The lowest BCUT2D eigenvalue weighted by Crippen LogP contribution is -1.89. The summed E-state index contributed by atoms with van der Waals surface area (Å²) in [5.74, 6) is 0. The maximum Gasteiger partial charge on any atom is 0.143 e. The minimum absolute atomic E-state index is 0.914. The van der Waals surface area contributed by atoms with E-state index in [1.165, 1.54) is 43.4 Å². The van der Waals surface area contributed by atoms with Crippen molar-refractivity contribution in [3.05, 3.63) is 145 Å². The highest BCUT2D eigenvalue weighted by Gasteiger charge is 2.17. The Hall–Kier alpha value is -5.86. The Balaban J connectivity index is 1.29. The number of aryl methyl sites for hydroxylation is 2. The van der Waals surface area contributed by atoms with Crippen LogP contribution in [-0.2, 0) is 0 Å². The van der Waals surface area contributed by atoms with Gasteiger partial charge < -0.3 is 8.83 Å². The van der Waals surface area contributed by atoms with Crippen LogP contribution in [0.2, 0.25) is 0 Å². The SMILES string of the molecule is Cc1cc2c3ccc(-c4cccc5c4oc4ccccc45)cc3c3cc(-c4cccc5c4oc4ccccc45)ccc3c2cc1C. The second kappa shape index (κ2) is 9.32. The summed E-state index contributed by atoms with van der Waals surface area (Å²) in [4.78, 5) is 0. The minimum atomic E-state index is 0.914. The molecule has 10 aromatic rings. The maximum absolute atomic E-state index is 6.47. The predicted octanol–water partition coefficient (Wildman–Crippen LogP) is 12.9. The average molecular weight is 589 g/mol. The molecule has 0 saturated heterocycles. The molecule has 0 unspecified atom stereocenters. The first-order valence-electron chi connectivity index (χ1n) is 15.8. The quantitative estimate of drug-likeness (QED) is 0.188. The molecule has 0 aliphatic carbocycles. The molecule has 0 saturated carbocycles. The zero-order valence-electron chi connectivity index (χ0n) is 25.5. The van der Waals surface area contributed by atoms with E-state index in [-0.39, 0.29) is 0 Å². The van der Waals surface area contributed by atoms with Crippen molar-refractivity contribution in [3.8, 4) is 22.3 Å². The van der Waals surface area contributed by atoms with Crippen LogP contribution in [0.1, 0.15) is 11.1 Å². The van der Waals surface area contributed by atoms with Gasteiger partial charge in [-0.1, -0.05) is 109 Å². The first-order valence-corrected chi connectivity index (χ1v) is 15.8. The van der Waals surface area contributed by atoms with E-state index in [0.717, 1.165) is 66.1 Å². The smallest absolute Gasteiger partial charge is 0.143 e. The van der Waals surface area contributed by atoms with E-state index in [4.69, 9.17) is 8.83 Å². The minimum Gasteiger partial charge on any atom is -0.455 e. The van der Waals surface area contributed by atoms with Crippen molar-refractivity contribution in [2.45, 2.75) is 13.8 Å². The van der Waals surface area contributed by atoms with Crippen molar-refractivity contribution in [2.75, 3.05) is 0 Å². The summed E-state index contributed by atoms with van der Waals surface area (Å²) in [6, 6.07) is 48.1. The lowest BCUT2D eigenvalue weighted by atomic mass is 9.88. The molecule has 0 spiro atoms. The summed E-state index contributed by atoms with van der Waals surface area (Å²) in [6.07, 6.45) is 0. The van der Waals surface area contributed by atoms with Crippen molar-refractivity contribution in [2.24, 2.45) is 0 Å². The van der Waals surface area contributed by atoms with Gasteiger partial charge in [-0.15, -0.1) is 0 Å². The van der Waals surface area contributed by atoms with Gasteiger partial charge >= 0.3 is 0 Å². The van der Waals surface area contributed by atoms with Crippen LogP contribution in [0.4, 0.5) is 0 Å². The molecule has 2 nitrogen and oxygen atoms in total. The second-order valence-electron chi connectivity index (χ2n) is 12.6. The van der Waals surface area contributed by atoms with E-state index < -0.39 is 0 Å². The molecule has 10 rings (SSSR count). The molecule has 0 N–H and O–H groups in total. The third-order valence-corrected chi connectivity index (χ3v) is 9.97. The van der Waals surface area contributed by atoms with Crippen LogP contribution < -0.4 is 0 Å². The van der Waals surface area contributed by atoms with Gasteiger partial charge in [-0.2, -0.15) is 0 Å². The third-order valence-electron chi connectivity index (χ3n) is 9.97. The number of hydrogen-bond donors (Lipinski definition) is 0. The van der Waals surface area contributed by atoms with Crippen LogP contribution >= 0.6 is 0 Å². The molecule has 0 fully saturated rings. The topological polar surface area (TPSA) is 26.3 Å². The van der Waals surface area contributed by atoms with Gasteiger partial charge in [-0.05, 0) is 92.7 Å². The van der Waals surface area contributed by atoms with E-state index in [1.54, 1.807) is 0 Å². The van der Waals surface area contributed by atoms with E-state index >= 15 is 0 Å². The summed E-state index contributed by atoms with van der Waals surface area (Å²) < 4.78 is 12.9. The normalized spacial score (nSPS) is 12.1. The lowest BCUT2D eigenvalue weighted by molar-refractivity contribution is 0.669. The van der Waals surface area contributed by atoms with E-state index in [9.17, 15) is 0 Å². The van der Waals surface area contributed by atoms with Crippen molar-refractivity contribution in [1.29, 1.82) is 0 Å². The van der Waals surface area contributed by atoms with Gasteiger partial charge in [0.25, 0.3) is 0 Å². The number of hydrogen-bond acceptors (Lipinski definition) is 2. The van der Waals surface area contributed by atoms with Crippen LogP contribution in [0.3, 0.4) is 0 Å². The molecule has 0 atom stereocenters. The molecule has 2 heterocycles. The average Bonchev–Trinajstić information content (AvgIpc) is 3.67. The third kappa shape index (κ3) is 3.53. The van der Waals surface area contributed by atoms with E-state index in [0.29, 0.717) is 0 Å². The Morgan fingerprint density at radius 2 is 0.739 bits per heavy atom. The first kappa shape index (κ1) is 25.5. The molecule has 216 valence electrons. The summed E-state index contributed by atoms with van der Waals surface area (Å²) in [7, 11) is 0. The Bertz CT molecular complexity index is 2680. The molecule has 0 aliphatic heterocycles. The summed E-state index contributed by atoms with van der Waals surface area (Å²) in [5, 5.41) is 12.1. The standard InChI is InChI=1S/C44H28O2/c1-25-21-37-31-19-17-27(29-11-7-13-35-33-9-3-5-15-41(33)45-43(29)35)23-39(31)40-24-28(18-20-32(40)38(37)22-26(25)2)30-12-8-14-36-34-10-4-6-16-42(34)46-44(30)36/h3-24H,1-2H3. The number of benzene rings is 8. The summed E-state index contributed by atoms with van der Waals surface area (Å²) >= 11 is 0. The van der Waals surface area contributed by atoms with Gasteiger partial charge in [0.15, 0.2) is 0 Å². The van der Waals surface area contributed by atoms with Gasteiger partial charge in [0.2, 0.25) is 0 Å². The zero-order chi connectivity index (χ0) is 30.5. The number of fused-ring (bicyclic) bond motifs is 12. The molecule has 2 aromatic heterocycles. The fourth-order valence-corrected chi connectivity index (χ4v) is 7.55. The molecular formula is C44H28O2. The molecule has 8 aromatic carbocycles. The highest BCUT2D eigenvalue weighted by Crippen LogP contribution is 2.43. The molecule has 0 amide bonds. The van der Waals surface area contributed by atoms with Gasteiger partial charge in [0.1, 0.15) is 22.3 Å². The van der Waals surface area contributed by atoms with Crippen molar-refractivity contribution in [1.82, 2.24) is 0 Å². The molecule has 46 heavy (non-hydrogen) atoms. The predicted molar refractivity (Wildman–Crippen MR) is 194 cm³/mol. The largest absolute Gasteiger partial charge is 0.455 e. The van der Waals surface area contributed by atoms with Crippen LogP contribution in [0, 0.1) is 13.8 Å². The van der Waals surface area contributed by atoms with Crippen molar-refractivity contribution < 1.29 is 8.83 Å². The molecule has 0 bridgehead atoms. The first-order chi connectivity index (χ1) is 22.6. The number of para-hydroxylation sites is 4. The highest BCUT2D eigenvalue weighted by atomic mass is 16.3. The van der Waals surface area contributed by atoms with E-state index in [2.05, 4.69) is 123 Å². The lowest BCUT2D eigenvalue weighted by Gasteiger charge is -2.15. The highest BCUT2D eigenvalue weighted by molar-refractivity contribution is 6.27. The van der Waals surface area contributed by atoms with Crippen LogP contribution in [0.15, 0.2) is 142 Å². The zero-order valence-corrected chi connectivity index (χ0v) is 25.5. The fraction of sp³-hybridized carbons (Fsp3) is 0.0455.